The van der Waals surface area contributed by atoms with Crippen molar-refractivity contribution in [2.24, 2.45) is 4.99 Å². The summed E-state index contributed by atoms with van der Waals surface area (Å²) in [6.07, 6.45) is 5.97. The van der Waals surface area contributed by atoms with Crippen LogP contribution < -0.4 is 20.1 Å². The average Bonchev–Trinajstić information content (AvgIpc) is 3.44. The lowest BCUT2D eigenvalue weighted by Gasteiger charge is -2.39. The number of urea groups is 1. The van der Waals surface area contributed by atoms with Gasteiger partial charge in [-0.2, -0.15) is 0 Å². The van der Waals surface area contributed by atoms with Gasteiger partial charge >= 0.3 is 6.03 Å². The minimum absolute atomic E-state index is 0.0623. The van der Waals surface area contributed by atoms with Crippen LogP contribution in [0.4, 0.5) is 10.5 Å². The van der Waals surface area contributed by atoms with E-state index in [0.29, 0.717) is 42.4 Å². The molecule has 0 aliphatic carbocycles. The summed E-state index contributed by atoms with van der Waals surface area (Å²) in [5, 5.41) is 6.22. The average molecular weight is 606 g/mol. The largest absolute Gasteiger partial charge is 0.497 e. The van der Waals surface area contributed by atoms with E-state index in [1.54, 1.807) is 23.9 Å². The fraction of sp³-hybridized carbons (Fsp3) is 0.294. The summed E-state index contributed by atoms with van der Waals surface area (Å²) in [5.41, 5.74) is 4.84. The number of fused-ring (bicyclic) bond motifs is 2. The van der Waals surface area contributed by atoms with Gasteiger partial charge in [0, 0.05) is 49.7 Å². The maximum atomic E-state index is 13.6. The van der Waals surface area contributed by atoms with Crippen LogP contribution >= 0.6 is 0 Å². The monoisotopic (exact) mass is 605 g/mol. The predicted molar refractivity (Wildman–Crippen MR) is 172 cm³/mol. The number of carbonyl (C=O) groups excluding carboxylic acids is 2. The second-order valence-electron chi connectivity index (χ2n) is 11.3. The molecule has 1 saturated heterocycles. The van der Waals surface area contributed by atoms with Gasteiger partial charge in [-0.25, -0.2) is 14.8 Å². The lowest BCUT2D eigenvalue weighted by atomic mass is 10.0. The lowest BCUT2D eigenvalue weighted by Crippen LogP contribution is -2.50. The van der Waals surface area contributed by atoms with Gasteiger partial charge in [-0.15, -0.1) is 0 Å². The maximum absolute atomic E-state index is 13.6. The van der Waals surface area contributed by atoms with E-state index in [4.69, 9.17) is 9.47 Å². The van der Waals surface area contributed by atoms with Crippen LogP contribution in [0.5, 0.6) is 11.6 Å². The molecule has 0 unspecified atom stereocenters. The standard InChI is InChI=1S/C34H35N7O4/c1-44-26-7-8-27-24(19-26)11-17-40(34(43)38-27)25-12-15-39(16-13-25)31-20-29(35-22-36-31)33(42)41-18-14-28-30(41)9-10-32(37-28)45-21-23-5-3-2-4-6-23/h2-10,14,18-20,25,35H,11-13,15-17,21-22H2,1H3,(H,38,43). The van der Waals surface area contributed by atoms with Crippen LogP contribution in [0.2, 0.25) is 0 Å². The number of pyridine rings is 1. The zero-order chi connectivity index (χ0) is 30.8. The van der Waals surface area contributed by atoms with Gasteiger partial charge in [0.2, 0.25) is 5.88 Å². The number of likely N-dealkylation sites (tertiary alicyclic amines) is 1. The highest BCUT2D eigenvalue weighted by Crippen LogP contribution is 2.28. The molecule has 3 aliphatic heterocycles. The Labute approximate surface area is 261 Å². The van der Waals surface area contributed by atoms with E-state index in [9.17, 15) is 9.59 Å². The van der Waals surface area contributed by atoms with Gasteiger partial charge in [0.15, 0.2) is 0 Å². The Morgan fingerprint density at radius 3 is 2.69 bits per heavy atom. The van der Waals surface area contributed by atoms with Crippen molar-refractivity contribution in [1.29, 1.82) is 0 Å². The van der Waals surface area contributed by atoms with Gasteiger partial charge in [0.1, 0.15) is 30.6 Å². The van der Waals surface area contributed by atoms with Gasteiger partial charge in [-0.1, -0.05) is 30.3 Å². The quantitative estimate of drug-likeness (QED) is 0.329. The van der Waals surface area contributed by atoms with Crippen molar-refractivity contribution in [2.75, 3.05) is 38.7 Å². The van der Waals surface area contributed by atoms with E-state index in [2.05, 4.69) is 25.5 Å². The molecule has 2 aromatic carbocycles. The number of amides is 2. The highest BCUT2D eigenvalue weighted by Gasteiger charge is 2.31. The van der Waals surface area contributed by atoms with Crippen molar-refractivity contribution in [3.63, 3.8) is 0 Å². The van der Waals surface area contributed by atoms with Crippen LogP contribution in [0.15, 0.2) is 89.7 Å². The fourth-order valence-corrected chi connectivity index (χ4v) is 6.19. The number of aromatic nitrogens is 2. The number of amidine groups is 1. The molecule has 7 rings (SSSR count). The van der Waals surface area contributed by atoms with Crippen molar-refractivity contribution < 1.29 is 19.1 Å². The number of carbonyl (C=O) groups is 2. The molecule has 0 atom stereocenters. The SMILES string of the molecule is COc1ccc2c(c1)CCN(C1CCN(C3=NCNC(C(=O)n4ccc5nc(OCc6ccccc6)ccc54)=C3)CC1)C(=O)N2. The van der Waals surface area contributed by atoms with Crippen molar-refractivity contribution in [3.8, 4) is 11.6 Å². The van der Waals surface area contributed by atoms with Gasteiger partial charge in [0.25, 0.3) is 5.91 Å². The number of methoxy groups -OCH3 is 1. The van der Waals surface area contributed by atoms with E-state index in [1.807, 2.05) is 71.6 Å². The summed E-state index contributed by atoms with van der Waals surface area (Å²) in [6.45, 7) is 2.88. The zero-order valence-electron chi connectivity index (χ0n) is 25.1. The van der Waals surface area contributed by atoms with Crippen molar-refractivity contribution in [3.05, 3.63) is 95.8 Å². The molecule has 45 heavy (non-hydrogen) atoms. The first-order chi connectivity index (χ1) is 22.1. The van der Waals surface area contributed by atoms with Crippen molar-refractivity contribution in [2.45, 2.75) is 31.9 Å². The number of anilines is 1. The molecule has 2 aromatic heterocycles. The minimum Gasteiger partial charge on any atom is -0.497 e. The minimum atomic E-state index is -0.176. The number of ether oxygens (including phenoxy) is 2. The number of piperidine rings is 1. The van der Waals surface area contributed by atoms with Crippen LogP contribution in [-0.4, -0.2) is 76.6 Å². The van der Waals surface area contributed by atoms with Gasteiger partial charge in [-0.3, -0.25) is 9.36 Å². The molecule has 0 saturated carbocycles. The summed E-state index contributed by atoms with van der Waals surface area (Å²) in [7, 11) is 1.65. The molecule has 0 bridgehead atoms. The van der Waals surface area contributed by atoms with E-state index < -0.39 is 0 Å². The summed E-state index contributed by atoms with van der Waals surface area (Å²) in [6, 6.07) is 21.2. The Morgan fingerprint density at radius 1 is 1.02 bits per heavy atom. The zero-order valence-corrected chi connectivity index (χ0v) is 25.1. The molecule has 11 nitrogen and oxygen atoms in total. The third kappa shape index (κ3) is 5.93. The Balaban J connectivity index is 0.981. The third-order valence-electron chi connectivity index (χ3n) is 8.65. The first-order valence-corrected chi connectivity index (χ1v) is 15.2. The molecule has 0 spiro atoms. The first kappa shape index (κ1) is 28.5. The Hall–Kier alpha value is -5.32. The number of rotatable bonds is 6. The molecule has 3 aliphatic rings. The Kier molecular flexibility index (Phi) is 7.81. The van der Waals surface area contributed by atoms with Crippen LogP contribution in [0.1, 0.15) is 28.8 Å². The third-order valence-corrected chi connectivity index (χ3v) is 8.65. The number of benzene rings is 2. The van der Waals surface area contributed by atoms with E-state index >= 15 is 0 Å². The normalized spacial score (nSPS) is 17.0. The molecule has 5 heterocycles. The van der Waals surface area contributed by atoms with Crippen LogP contribution in [0, 0.1) is 0 Å². The summed E-state index contributed by atoms with van der Waals surface area (Å²) in [4.78, 5) is 40.1. The second-order valence-corrected chi connectivity index (χ2v) is 11.3. The molecular weight excluding hydrogens is 570 g/mol. The molecule has 11 heteroatoms. The lowest BCUT2D eigenvalue weighted by molar-refractivity contribution is 0.0951. The van der Waals surface area contributed by atoms with Crippen LogP contribution in [-0.2, 0) is 13.0 Å². The highest BCUT2D eigenvalue weighted by atomic mass is 16.5. The van der Waals surface area contributed by atoms with Crippen molar-refractivity contribution in [1.82, 2.24) is 24.7 Å². The second kappa shape index (κ2) is 12.4. The van der Waals surface area contributed by atoms with E-state index in [1.165, 1.54) is 0 Å². The molecular formula is C34H35N7O4. The Morgan fingerprint density at radius 2 is 1.87 bits per heavy atom. The van der Waals surface area contributed by atoms with Gasteiger partial charge in [-0.05, 0) is 60.7 Å². The van der Waals surface area contributed by atoms with E-state index in [0.717, 1.165) is 60.8 Å². The summed E-state index contributed by atoms with van der Waals surface area (Å²) >= 11 is 0. The molecule has 4 aromatic rings. The predicted octanol–water partition coefficient (Wildman–Crippen LogP) is 4.66. The topological polar surface area (TPSA) is 113 Å². The molecule has 2 amide bonds. The molecule has 0 radical (unpaired) electrons. The first-order valence-electron chi connectivity index (χ1n) is 15.2. The van der Waals surface area contributed by atoms with Crippen LogP contribution in [0.3, 0.4) is 0 Å². The number of hydrogen-bond donors (Lipinski definition) is 2. The number of nitrogens with zero attached hydrogens (tertiary/aromatic N) is 5. The molecule has 230 valence electrons. The summed E-state index contributed by atoms with van der Waals surface area (Å²) in [5.74, 6) is 1.90. The smallest absolute Gasteiger partial charge is 0.322 e. The van der Waals surface area contributed by atoms with Crippen LogP contribution in [0.25, 0.3) is 11.0 Å². The number of aliphatic imine (C=N–C) groups is 1. The number of hydrogen-bond acceptors (Lipinski definition) is 8. The summed E-state index contributed by atoms with van der Waals surface area (Å²) < 4.78 is 12.8. The highest BCUT2D eigenvalue weighted by molar-refractivity contribution is 6.07. The van der Waals surface area contributed by atoms with Gasteiger partial charge < -0.3 is 29.9 Å². The van der Waals surface area contributed by atoms with Gasteiger partial charge in [0.05, 0.1) is 18.1 Å². The number of allylic oxidation sites excluding steroid dienone is 1. The molecule has 1 fully saturated rings. The maximum Gasteiger partial charge on any atom is 0.322 e. The Bertz CT molecular complexity index is 1790. The molecule has 2 N–H and O–H groups in total. The van der Waals surface area contributed by atoms with E-state index in [-0.39, 0.29) is 18.0 Å². The number of nitrogens with one attached hydrogen (secondary N) is 2. The fourth-order valence-electron chi connectivity index (χ4n) is 6.19. The van der Waals surface area contributed by atoms with Crippen molar-refractivity contribution >= 4 is 34.5 Å².